The highest BCUT2D eigenvalue weighted by atomic mass is 32.2. The first-order chi connectivity index (χ1) is 8.93. The average Bonchev–Trinajstić information content (AvgIpc) is 2.35. The van der Waals surface area contributed by atoms with Crippen LogP contribution in [0.2, 0.25) is 0 Å². The van der Waals surface area contributed by atoms with Crippen LogP contribution in [0.25, 0.3) is 0 Å². The van der Waals surface area contributed by atoms with Crippen LogP contribution in [0, 0.1) is 16.0 Å². The SMILES string of the molecule is CCCNc1cc(SC(C)C(C)C)cc([N+](=O)[O-])c1. The maximum atomic E-state index is 11.0. The topological polar surface area (TPSA) is 55.2 Å². The molecule has 1 aromatic rings. The Morgan fingerprint density at radius 1 is 1.32 bits per heavy atom. The zero-order valence-corrected chi connectivity index (χ0v) is 12.8. The first-order valence-electron chi connectivity index (χ1n) is 6.64. The molecule has 106 valence electrons. The van der Waals surface area contributed by atoms with E-state index >= 15 is 0 Å². The second-order valence-electron chi connectivity index (χ2n) is 4.97. The fourth-order valence-electron chi connectivity index (χ4n) is 1.48. The molecule has 1 N–H and O–H groups in total. The number of benzene rings is 1. The van der Waals surface area contributed by atoms with E-state index in [9.17, 15) is 10.1 Å². The predicted molar refractivity (Wildman–Crippen MR) is 82.0 cm³/mol. The van der Waals surface area contributed by atoms with Gasteiger partial charge in [-0.05, 0) is 18.4 Å². The van der Waals surface area contributed by atoms with E-state index < -0.39 is 0 Å². The molecule has 1 unspecified atom stereocenters. The Labute approximate surface area is 119 Å². The lowest BCUT2D eigenvalue weighted by molar-refractivity contribution is -0.385. The van der Waals surface area contributed by atoms with Gasteiger partial charge < -0.3 is 5.32 Å². The van der Waals surface area contributed by atoms with E-state index in [-0.39, 0.29) is 10.6 Å². The highest BCUT2D eigenvalue weighted by Gasteiger charge is 2.14. The van der Waals surface area contributed by atoms with Crippen molar-refractivity contribution in [3.8, 4) is 0 Å². The fraction of sp³-hybridized carbons (Fsp3) is 0.571. The molecule has 0 aliphatic heterocycles. The third-order valence-electron chi connectivity index (χ3n) is 2.94. The summed E-state index contributed by atoms with van der Waals surface area (Å²) in [6, 6.07) is 5.24. The number of anilines is 1. The van der Waals surface area contributed by atoms with Crippen LogP contribution >= 0.6 is 11.8 Å². The third kappa shape index (κ3) is 5.11. The Balaban J connectivity index is 2.95. The zero-order valence-electron chi connectivity index (χ0n) is 12.0. The Bertz CT molecular complexity index is 435. The third-order valence-corrected chi connectivity index (χ3v) is 4.37. The number of nitro groups is 1. The van der Waals surface area contributed by atoms with Gasteiger partial charge in [-0.15, -0.1) is 11.8 Å². The summed E-state index contributed by atoms with van der Waals surface area (Å²) >= 11 is 1.69. The monoisotopic (exact) mass is 282 g/mol. The van der Waals surface area contributed by atoms with Gasteiger partial charge in [0.15, 0.2) is 0 Å². The lowest BCUT2D eigenvalue weighted by atomic mass is 10.2. The van der Waals surface area contributed by atoms with Crippen molar-refractivity contribution < 1.29 is 4.92 Å². The van der Waals surface area contributed by atoms with Gasteiger partial charge in [0.2, 0.25) is 0 Å². The summed E-state index contributed by atoms with van der Waals surface area (Å²) < 4.78 is 0. The molecule has 5 heteroatoms. The van der Waals surface area contributed by atoms with Gasteiger partial charge in [0.1, 0.15) is 0 Å². The molecule has 1 rings (SSSR count). The van der Waals surface area contributed by atoms with Gasteiger partial charge in [-0.2, -0.15) is 0 Å². The average molecular weight is 282 g/mol. The molecule has 0 fully saturated rings. The Hall–Kier alpha value is -1.23. The van der Waals surface area contributed by atoms with Crippen molar-refractivity contribution in [2.45, 2.75) is 44.3 Å². The summed E-state index contributed by atoms with van der Waals surface area (Å²) in [7, 11) is 0. The number of rotatable bonds is 7. The highest BCUT2D eigenvalue weighted by molar-refractivity contribution is 8.00. The van der Waals surface area contributed by atoms with Gasteiger partial charge in [-0.1, -0.05) is 27.7 Å². The minimum Gasteiger partial charge on any atom is -0.385 e. The van der Waals surface area contributed by atoms with Gasteiger partial charge in [-0.3, -0.25) is 10.1 Å². The molecule has 0 aromatic heterocycles. The molecule has 0 saturated carbocycles. The molecule has 19 heavy (non-hydrogen) atoms. The molecule has 0 heterocycles. The van der Waals surface area contributed by atoms with Crippen LogP contribution in [-0.4, -0.2) is 16.7 Å². The Kier molecular flexibility index (Phi) is 6.15. The summed E-state index contributed by atoms with van der Waals surface area (Å²) in [6.07, 6.45) is 0.994. The van der Waals surface area contributed by atoms with E-state index in [0.29, 0.717) is 11.2 Å². The highest BCUT2D eigenvalue weighted by Crippen LogP contribution is 2.32. The van der Waals surface area contributed by atoms with Gasteiger partial charge in [-0.25, -0.2) is 0 Å². The standard InChI is InChI=1S/C14H22N2O2S/c1-5-6-15-12-7-13(16(17)18)9-14(8-12)19-11(4)10(2)3/h7-11,15H,5-6H2,1-4H3. The van der Waals surface area contributed by atoms with Crippen molar-refractivity contribution in [3.63, 3.8) is 0 Å². The molecule has 0 saturated heterocycles. The Morgan fingerprint density at radius 2 is 2.00 bits per heavy atom. The van der Waals surface area contributed by atoms with E-state index in [4.69, 9.17) is 0 Å². The smallest absolute Gasteiger partial charge is 0.272 e. The van der Waals surface area contributed by atoms with Crippen LogP contribution in [0.5, 0.6) is 0 Å². The van der Waals surface area contributed by atoms with Gasteiger partial charge >= 0.3 is 0 Å². The van der Waals surface area contributed by atoms with E-state index in [2.05, 4.69) is 33.0 Å². The number of non-ortho nitro benzene ring substituents is 1. The second-order valence-corrected chi connectivity index (χ2v) is 6.42. The van der Waals surface area contributed by atoms with E-state index in [1.54, 1.807) is 23.9 Å². The number of thioether (sulfide) groups is 1. The van der Waals surface area contributed by atoms with Crippen LogP contribution < -0.4 is 5.32 Å². The van der Waals surface area contributed by atoms with Crippen molar-refractivity contribution in [1.82, 2.24) is 0 Å². The van der Waals surface area contributed by atoms with Gasteiger partial charge in [0, 0.05) is 34.5 Å². The molecule has 0 amide bonds. The molecule has 0 radical (unpaired) electrons. The van der Waals surface area contributed by atoms with Crippen LogP contribution in [0.3, 0.4) is 0 Å². The first kappa shape index (κ1) is 15.8. The molecule has 0 bridgehead atoms. The van der Waals surface area contributed by atoms with Crippen LogP contribution in [0.15, 0.2) is 23.1 Å². The van der Waals surface area contributed by atoms with Crippen LogP contribution in [0.4, 0.5) is 11.4 Å². The van der Waals surface area contributed by atoms with Crippen LogP contribution in [-0.2, 0) is 0 Å². The molecular weight excluding hydrogens is 260 g/mol. The lowest BCUT2D eigenvalue weighted by Gasteiger charge is -2.15. The van der Waals surface area contributed by atoms with E-state index in [1.165, 1.54) is 0 Å². The first-order valence-corrected chi connectivity index (χ1v) is 7.52. The number of nitrogens with one attached hydrogen (secondary N) is 1. The molecule has 1 atom stereocenters. The summed E-state index contributed by atoms with van der Waals surface area (Å²) in [4.78, 5) is 11.6. The molecule has 0 aliphatic carbocycles. The van der Waals surface area contributed by atoms with Crippen molar-refractivity contribution in [2.75, 3.05) is 11.9 Å². The quantitative estimate of drug-likeness (QED) is 0.453. The number of hydrogen-bond acceptors (Lipinski definition) is 4. The van der Waals surface area contributed by atoms with Gasteiger partial charge in [0.25, 0.3) is 5.69 Å². The molecular formula is C14H22N2O2S. The van der Waals surface area contributed by atoms with Gasteiger partial charge in [0.05, 0.1) is 4.92 Å². The number of hydrogen-bond donors (Lipinski definition) is 1. The minimum absolute atomic E-state index is 0.152. The van der Waals surface area contributed by atoms with Crippen molar-refractivity contribution in [1.29, 1.82) is 0 Å². The number of nitro benzene ring substituents is 1. The van der Waals surface area contributed by atoms with Crippen molar-refractivity contribution in [2.24, 2.45) is 5.92 Å². The summed E-state index contributed by atoms with van der Waals surface area (Å²) in [5, 5.41) is 14.6. The summed E-state index contributed by atoms with van der Waals surface area (Å²) in [5.41, 5.74) is 0.981. The normalized spacial score (nSPS) is 12.5. The minimum atomic E-state index is -0.332. The number of nitrogens with zero attached hydrogens (tertiary/aromatic N) is 1. The maximum Gasteiger partial charge on any atom is 0.272 e. The molecule has 0 spiro atoms. The zero-order chi connectivity index (χ0) is 14.4. The molecule has 1 aromatic carbocycles. The summed E-state index contributed by atoms with van der Waals surface area (Å²) in [6.45, 7) is 9.36. The van der Waals surface area contributed by atoms with E-state index in [1.807, 2.05) is 6.07 Å². The lowest BCUT2D eigenvalue weighted by Crippen LogP contribution is -2.06. The van der Waals surface area contributed by atoms with Crippen molar-refractivity contribution in [3.05, 3.63) is 28.3 Å². The molecule has 4 nitrogen and oxygen atoms in total. The maximum absolute atomic E-state index is 11.0. The largest absolute Gasteiger partial charge is 0.385 e. The Morgan fingerprint density at radius 3 is 2.53 bits per heavy atom. The fourth-order valence-corrected chi connectivity index (χ4v) is 2.56. The summed E-state index contributed by atoms with van der Waals surface area (Å²) in [5.74, 6) is 0.538. The second kappa shape index (κ2) is 7.38. The van der Waals surface area contributed by atoms with Crippen LogP contribution in [0.1, 0.15) is 34.1 Å². The predicted octanol–water partition coefficient (Wildman–Crippen LogP) is 4.55. The van der Waals surface area contributed by atoms with E-state index in [0.717, 1.165) is 23.5 Å². The van der Waals surface area contributed by atoms with Crippen molar-refractivity contribution >= 4 is 23.1 Å². The molecule has 0 aliphatic rings.